The van der Waals surface area contributed by atoms with Crippen molar-refractivity contribution in [1.29, 1.82) is 0 Å². The Hall–Kier alpha value is -0.540. The summed E-state index contributed by atoms with van der Waals surface area (Å²) < 4.78 is 0. The zero-order valence-electron chi connectivity index (χ0n) is 14.2. The summed E-state index contributed by atoms with van der Waals surface area (Å²) in [5.74, 6) is 0.274. The third-order valence-electron chi connectivity index (χ3n) is 3.94. The second-order valence-corrected chi connectivity index (χ2v) is 6.29. The summed E-state index contributed by atoms with van der Waals surface area (Å²) in [6, 6.07) is -0.329. The van der Waals surface area contributed by atoms with Gasteiger partial charge in [-0.3, -0.25) is 0 Å². The van der Waals surface area contributed by atoms with E-state index in [9.17, 15) is 10.2 Å². The Balaban J connectivity index is 3.32. The minimum atomic E-state index is -0.738. The Morgan fingerprint density at radius 2 is 1.33 bits per heavy atom. The minimum absolute atomic E-state index is 0.274. The number of aliphatic hydroxyl groups excluding tert-OH is 2. The van der Waals surface area contributed by atoms with Crippen LogP contribution in [0.1, 0.15) is 90.9 Å². The van der Waals surface area contributed by atoms with Gasteiger partial charge in [-0.05, 0) is 19.4 Å². The summed E-state index contributed by atoms with van der Waals surface area (Å²) in [6.07, 6.45) is 15.7. The molecule has 0 saturated carbocycles. The fourth-order valence-corrected chi connectivity index (χ4v) is 2.40. The van der Waals surface area contributed by atoms with E-state index in [2.05, 4.69) is 6.92 Å². The standard InChI is InChI=1S/C18H37NO2/c1-3-4-5-6-7-8-9-10-11-12-13-14-17(20)15-18(21)16(2)19/h15-16,18,20-21H,3-14,19H2,1-2H3/b17-15-/t16-,18+/m0/s1. The molecule has 0 aliphatic carbocycles. The molecular formula is C18H37NO2. The third kappa shape index (κ3) is 14.2. The molecule has 0 aromatic rings. The first kappa shape index (κ1) is 20.5. The highest BCUT2D eigenvalue weighted by atomic mass is 16.3. The van der Waals surface area contributed by atoms with Crippen LogP contribution in [0, 0.1) is 0 Å². The van der Waals surface area contributed by atoms with Crippen molar-refractivity contribution in [3.8, 4) is 0 Å². The molecule has 0 rings (SSSR count). The van der Waals surface area contributed by atoms with Crippen LogP contribution in [0.4, 0.5) is 0 Å². The lowest BCUT2D eigenvalue weighted by molar-refractivity contribution is 0.191. The van der Waals surface area contributed by atoms with E-state index in [-0.39, 0.29) is 11.8 Å². The van der Waals surface area contributed by atoms with Crippen molar-refractivity contribution in [1.82, 2.24) is 0 Å². The highest BCUT2D eigenvalue weighted by Crippen LogP contribution is 2.13. The molecule has 2 atom stereocenters. The average Bonchev–Trinajstić information content (AvgIpc) is 2.44. The van der Waals surface area contributed by atoms with Crippen LogP contribution in [-0.2, 0) is 0 Å². The fourth-order valence-electron chi connectivity index (χ4n) is 2.40. The maximum absolute atomic E-state index is 9.66. The number of rotatable bonds is 14. The van der Waals surface area contributed by atoms with Gasteiger partial charge >= 0.3 is 0 Å². The Morgan fingerprint density at radius 3 is 1.76 bits per heavy atom. The van der Waals surface area contributed by atoms with Crippen molar-refractivity contribution in [2.24, 2.45) is 5.73 Å². The number of nitrogens with two attached hydrogens (primary N) is 1. The molecule has 126 valence electrons. The number of allylic oxidation sites excluding steroid dienone is 1. The van der Waals surface area contributed by atoms with E-state index in [1.807, 2.05) is 0 Å². The van der Waals surface area contributed by atoms with Crippen molar-refractivity contribution in [3.63, 3.8) is 0 Å². The molecule has 0 aliphatic rings. The van der Waals surface area contributed by atoms with Crippen molar-refractivity contribution >= 4 is 0 Å². The smallest absolute Gasteiger partial charge is 0.0909 e. The Morgan fingerprint density at radius 1 is 0.905 bits per heavy atom. The first-order valence-corrected chi connectivity index (χ1v) is 8.91. The SMILES string of the molecule is CCCCCCCCCCCCC/C(O)=C/[C@@H](O)[C@H](C)N. The summed E-state index contributed by atoms with van der Waals surface area (Å²) >= 11 is 0. The molecule has 4 N–H and O–H groups in total. The summed E-state index contributed by atoms with van der Waals surface area (Å²) in [6.45, 7) is 3.99. The van der Waals surface area contributed by atoms with Crippen molar-refractivity contribution < 1.29 is 10.2 Å². The van der Waals surface area contributed by atoms with Gasteiger partial charge in [-0.25, -0.2) is 0 Å². The maximum atomic E-state index is 9.66. The number of hydrogen-bond acceptors (Lipinski definition) is 3. The molecule has 0 unspecified atom stereocenters. The molecule has 0 aromatic carbocycles. The van der Waals surface area contributed by atoms with Gasteiger partial charge in [0.2, 0.25) is 0 Å². The quantitative estimate of drug-likeness (QED) is 0.318. The van der Waals surface area contributed by atoms with Gasteiger partial charge in [-0.1, -0.05) is 71.1 Å². The van der Waals surface area contributed by atoms with Gasteiger partial charge in [0.1, 0.15) is 0 Å². The van der Waals surface area contributed by atoms with Crippen molar-refractivity contribution in [2.75, 3.05) is 0 Å². The maximum Gasteiger partial charge on any atom is 0.0909 e. The highest BCUT2D eigenvalue weighted by molar-refractivity contribution is 4.98. The lowest BCUT2D eigenvalue weighted by Gasteiger charge is -2.10. The van der Waals surface area contributed by atoms with E-state index in [4.69, 9.17) is 5.73 Å². The number of unbranched alkanes of at least 4 members (excludes halogenated alkanes) is 10. The second-order valence-electron chi connectivity index (χ2n) is 6.29. The van der Waals surface area contributed by atoms with E-state index in [1.54, 1.807) is 6.92 Å². The van der Waals surface area contributed by atoms with Crippen LogP contribution in [0.25, 0.3) is 0 Å². The van der Waals surface area contributed by atoms with Crippen LogP contribution in [0.3, 0.4) is 0 Å². The summed E-state index contributed by atoms with van der Waals surface area (Å²) in [5, 5.41) is 19.2. The average molecular weight is 299 g/mol. The Labute approximate surface area is 131 Å². The predicted octanol–water partition coefficient (Wildman–Crippen LogP) is 4.84. The van der Waals surface area contributed by atoms with Gasteiger partial charge in [0, 0.05) is 12.5 Å². The highest BCUT2D eigenvalue weighted by Gasteiger charge is 2.07. The normalized spacial score (nSPS) is 15.1. The number of aliphatic hydroxyl groups is 2. The van der Waals surface area contributed by atoms with Gasteiger partial charge in [-0.2, -0.15) is 0 Å². The summed E-state index contributed by atoms with van der Waals surface area (Å²) in [5.41, 5.74) is 5.54. The van der Waals surface area contributed by atoms with Gasteiger partial charge in [-0.15, -0.1) is 0 Å². The zero-order chi connectivity index (χ0) is 15.9. The molecule has 3 nitrogen and oxygen atoms in total. The predicted molar refractivity (Wildman–Crippen MR) is 91.4 cm³/mol. The zero-order valence-corrected chi connectivity index (χ0v) is 14.2. The monoisotopic (exact) mass is 299 g/mol. The first-order valence-electron chi connectivity index (χ1n) is 8.91. The van der Waals surface area contributed by atoms with Crippen LogP contribution in [0.15, 0.2) is 11.8 Å². The molecule has 21 heavy (non-hydrogen) atoms. The molecule has 0 amide bonds. The van der Waals surface area contributed by atoms with Crippen LogP contribution in [0.5, 0.6) is 0 Å². The van der Waals surface area contributed by atoms with Crippen LogP contribution < -0.4 is 5.73 Å². The van der Waals surface area contributed by atoms with E-state index in [0.717, 1.165) is 12.8 Å². The van der Waals surface area contributed by atoms with E-state index >= 15 is 0 Å². The molecular weight excluding hydrogens is 262 g/mol. The molecule has 0 spiro atoms. The lowest BCUT2D eigenvalue weighted by atomic mass is 10.0. The topological polar surface area (TPSA) is 66.5 Å². The van der Waals surface area contributed by atoms with E-state index in [1.165, 1.54) is 63.9 Å². The molecule has 0 bridgehead atoms. The molecule has 0 saturated heterocycles. The van der Waals surface area contributed by atoms with Gasteiger partial charge in [0.05, 0.1) is 11.9 Å². The van der Waals surface area contributed by atoms with Crippen LogP contribution in [-0.4, -0.2) is 22.4 Å². The fraction of sp³-hybridized carbons (Fsp3) is 0.889. The summed E-state index contributed by atoms with van der Waals surface area (Å²) in [7, 11) is 0. The summed E-state index contributed by atoms with van der Waals surface area (Å²) in [4.78, 5) is 0. The van der Waals surface area contributed by atoms with Crippen molar-refractivity contribution in [2.45, 2.75) is 103 Å². The van der Waals surface area contributed by atoms with Gasteiger partial charge in [0.15, 0.2) is 0 Å². The Kier molecular flexibility index (Phi) is 14.0. The van der Waals surface area contributed by atoms with Crippen LogP contribution in [0.2, 0.25) is 0 Å². The van der Waals surface area contributed by atoms with E-state index in [0.29, 0.717) is 6.42 Å². The first-order chi connectivity index (χ1) is 10.1. The lowest BCUT2D eigenvalue weighted by Crippen LogP contribution is -2.29. The van der Waals surface area contributed by atoms with Gasteiger partial charge < -0.3 is 15.9 Å². The molecule has 0 heterocycles. The number of hydrogen-bond donors (Lipinski definition) is 3. The molecule has 3 heteroatoms. The molecule has 0 fully saturated rings. The van der Waals surface area contributed by atoms with Crippen LogP contribution >= 0.6 is 0 Å². The molecule has 0 aliphatic heterocycles. The Bertz CT molecular complexity index is 252. The minimum Gasteiger partial charge on any atom is -0.513 e. The van der Waals surface area contributed by atoms with Crippen molar-refractivity contribution in [3.05, 3.63) is 11.8 Å². The van der Waals surface area contributed by atoms with Gasteiger partial charge in [0.25, 0.3) is 0 Å². The second kappa shape index (κ2) is 14.4. The molecule has 0 aromatic heterocycles. The molecule has 0 radical (unpaired) electrons. The third-order valence-corrected chi connectivity index (χ3v) is 3.94. The van der Waals surface area contributed by atoms with E-state index < -0.39 is 6.10 Å². The largest absolute Gasteiger partial charge is 0.513 e.